The third-order valence-corrected chi connectivity index (χ3v) is 4.88. The summed E-state index contributed by atoms with van der Waals surface area (Å²) in [5, 5.41) is 0.603. The van der Waals surface area contributed by atoms with Gasteiger partial charge in [-0.25, -0.2) is 0 Å². The number of halogens is 2. The summed E-state index contributed by atoms with van der Waals surface area (Å²) >= 11 is 5.86. The maximum absolute atomic E-state index is 12.5. The molecule has 2 aromatic carbocycles. The number of carbonyl (C=O) groups excluding carboxylic acids is 2. The van der Waals surface area contributed by atoms with Gasteiger partial charge in [-0.3, -0.25) is 9.59 Å². The standard InChI is InChI=1S/C20H22ClN3O2.ClH/c21-17-8-6-16(7-9-17)20(26)24-12-10-23(11-13-24)19(25)14-18(22)15-4-2-1-3-5-15;/h1-9,18H,10-14,22H2;1H. The Labute approximate surface area is 170 Å². The lowest BCUT2D eigenvalue weighted by atomic mass is 10.0. The molecule has 0 saturated carbocycles. The molecule has 0 spiro atoms. The van der Waals surface area contributed by atoms with Crippen molar-refractivity contribution in [2.24, 2.45) is 5.73 Å². The predicted molar refractivity (Wildman–Crippen MR) is 109 cm³/mol. The Morgan fingerprint density at radius 2 is 1.48 bits per heavy atom. The van der Waals surface area contributed by atoms with E-state index in [2.05, 4.69) is 0 Å². The molecule has 1 aliphatic rings. The normalized spacial score (nSPS) is 15.0. The van der Waals surface area contributed by atoms with Gasteiger partial charge in [0.1, 0.15) is 0 Å². The van der Waals surface area contributed by atoms with Crippen LogP contribution < -0.4 is 5.73 Å². The zero-order chi connectivity index (χ0) is 18.5. The van der Waals surface area contributed by atoms with Gasteiger partial charge in [-0.2, -0.15) is 0 Å². The van der Waals surface area contributed by atoms with Crippen molar-refractivity contribution in [3.8, 4) is 0 Å². The number of piperazine rings is 1. The molecule has 1 fully saturated rings. The number of rotatable bonds is 4. The zero-order valence-corrected chi connectivity index (χ0v) is 16.5. The highest BCUT2D eigenvalue weighted by Crippen LogP contribution is 2.17. The van der Waals surface area contributed by atoms with E-state index >= 15 is 0 Å². The minimum absolute atomic E-state index is 0. The lowest BCUT2D eigenvalue weighted by molar-refractivity contribution is -0.133. The molecule has 1 atom stereocenters. The van der Waals surface area contributed by atoms with E-state index in [1.807, 2.05) is 30.3 Å². The van der Waals surface area contributed by atoms with Crippen LogP contribution in [0.1, 0.15) is 28.4 Å². The van der Waals surface area contributed by atoms with Crippen molar-refractivity contribution < 1.29 is 9.59 Å². The minimum Gasteiger partial charge on any atom is -0.339 e. The second-order valence-corrected chi connectivity index (χ2v) is 6.84. The number of amides is 2. The Hall–Kier alpha value is -2.08. The van der Waals surface area contributed by atoms with Crippen LogP contribution in [0, 0.1) is 0 Å². The number of hydrogen-bond acceptors (Lipinski definition) is 3. The maximum atomic E-state index is 12.5. The molecule has 2 aromatic rings. The molecule has 144 valence electrons. The van der Waals surface area contributed by atoms with Gasteiger partial charge in [0.15, 0.2) is 0 Å². The summed E-state index contributed by atoms with van der Waals surface area (Å²) in [7, 11) is 0. The van der Waals surface area contributed by atoms with E-state index < -0.39 is 0 Å². The van der Waals surface area contributed by atoms with Gasteiger partial charge >= 0.3 is 0 Å². The average molecular weight is 408 g/mol. The van der Waals surface area contributed by atoms with Crippen molar-refractivity contribution in [3.63, 3.8) is 0 Å². The van der Waals surface area contributed by atoms with Gasteiger partial charge in [0.25, 0.3) is 5.91 Å². The van der Waals surface area contributed by atoms with E-state index in [9.17, 15) is 9.59 Å². The van der Waals surface area contributed by atoms with Crippen LogP contribution in [0.25, 0.3) is 0 Å². The van der Waals surface area contributed by atoms with Crippen molar-refractivity contribution in [2.45, 2.75) is 12.5 Å². The van der Waals surface area contributed by atoms with Crippen molar-refractivity contribution >= 4 is 35.8 Å². The van der Waals surface area contributed by atoms with Crippen molar-refractivity contribution in [1.29, 1.82) is 0 Å². The van der Waals surface area contributed by atoms with E-state index in [0.717, 1.165) is 5.56 Å². The Balaban J connectivity index is 0.00000261. The van der Waals surface area contributed by atoms with E-state index in [1.54, 1.807) is 34.1 Å². The number of nitrogens with zero attached hydrogens (tertiary/aromatic N) is 2. The van der Waals surface area contributed by atoms with Crippen LogP contribution in [0.5, 0.6) is 0 Å². The molecule has 0 aliphatic carbocycles. The molecule has 1 saturated heterocycles. The second-order valence-electron chi connectivity index (χ2n) is 6.40. The molecule has 3 rings (SSSR count). The molecule has 0 bridgehead atoms. The van der Waals surface area contributed by atoms with Gasteiger partial charge in [0, 0.05) is 49.2 Å². The summed E-state index contributed by atoms with van der Waals surface area (Å²) in [5.41, 5.74) is 7.71. The zero-order valence-electron chi connectivity index (χ0n) is 14.9. The Morgan fingerprint density at radius 1 is 0.926 bits per heavy atom. The van der Waals surface area contributed by atoms with Crippen LogP contribution in [0.3, 0.4) is 0 Å². The van der Waals surface area contributed by atoms with Gasteiger partial charge in [0.05, 0.1) is 0 Å². The van der Waals surface area contributed by atoms with Crippen LogP contribution in [0.2, 0.25) is 5.02 Å². The molecule has 1 aliphatic heterocycles. The summed E-state index contributed by atoms with van der Waals surface area (Å²) in [6.07, 6.45) is 0.273. The fourth-order valence-corrected chi connectivity index (χ4v) is 3.20. The summed E-state index contributed by atoms with van der Waals surface area (Å²) in [6.45, 7) is 2.10. The van der Waals surface area contributed by atoms with Crippen LogP contribution in [-0.4, -0.2) is 47.8 Å². The van der Waals surface area contributed by atoms with Crippen molar-refractivity contribution in [2.75, 3.05) is 26.2 Å². The number of hydrogen-bond donors (Lipinski definition) is 1. The molecular weight excluding hydrogens is 385 g/mol. The fraction of sp³-hybridized carbons (Fsp3) is 0.300. The highest BCUT2D eigenvalue weighted by Gasteiger charge is 2.25. The van der Waals surface area contributed by atoms with Gasteiger partial charge in [-0.15, -0.1) is 12.4 Å². The highest BCUT2D eigenvalue weighted by atomic mass is 35.5. The van der Waals surface area contributed by atoms with Crippen molar-refractivity contribution in [1.82, 2.24) is 9.80 Å². The van der Waals surface area contributed by atoms with Gasteiger partial charge in [0.2, 0.25) is 5.91 Å². The van der Waals surface area contributed by atoms with Crippen molar-refractivity contribution in [3.05, 3.63) is 70.7 Å². The van der Waals surface area contributed by atoms with Gasteiger partial charge in [-0.05, 0) is 29.8 Å². The fourth-order valence-electron chi connectivity index (χ4n) is 3.07. The molecule has 0 aromatic heterocycles. The summed E-state index contributed by atoms with van der Waals surface area (Å²) in [6, 6.07) is 16.2. The molecular formula is C20H23Cl2N3O2. The molecule has 0 radical (unpaired) electrons. The predicted octanol–water partition coefficient (Wildman–Crippen LogP) is 3.14. The molecule has 7 heteroatoms. The van der Waals surface area contributed by atoms with Crippen LogP contribution in [0.4, 0.5) is 0 Å². The Morgan fingerprint density at radius 3 is 2.07 bits per heavy atom. The molecule has 5 nitrogen and oxygen atoms in total. The first-order valence-corrected chi connectivity index (χ1v) is 9.05. The molecule has 1 unspecified atom stereocenters. The molecule has 2 amide bonds. The second kappa shape index (κ2) is 9.74. The number of nitrogens with two attached hydrogens (primary N) is 1. The molecule has 1 heterocycles. The van der Waals surface area contributed by atoms with Crippen LogP contribution in [0.15, 0.2) is 54.6 Å². The van der Waals surface area contributed by atoms with Crippen LogP contribution in [-0.2, 0) is 4.79 Å². The van der Waals surface area contributed by atoms with E-state index in [0.29, 0.717) is 36.8 Å². The summed E-state index contributed by atoms with van der Waals surface area (Å²) in [5.74, 6) is -0.00491. The smallest absolute Gasteiger partial charge is 0.253 e. The largest absolute Gasteiger partial charge is 0.339 e. The Bertz CT molecular complexity index is 761. The van der Waals surface area contributed by atoms with E-state index in [-0.39, 0.29) is 36.7 Å². The molecule has 2 N–H and O–H groups in total. The summed E-state index contributed by atoms with van der Waals surface area (Å²) in [4.78, 5) is 28.6. The van der Waals surface area contributed by atoms with Gasteiger partial charge < -0.3 is 15.5 Å². The number of benzene rings is 2. The summed E-state index contributed by atoms with van der Waals surface area (Å²) < 4.78 is 0. The lowest BCUT2D eigenvalue weighted by Gasteiger charge is -2.35. The van der Waals surface area contributed by atoms with Crippen LogP contribution >= 0.6 is 24.0 Å². The third kappa shape index (κ3) is 5.45. The lowest BCUT2D eigenvalue weighted by Crippen LogP contribution is -2.51. The molecule has 27 heavy (non-hydrogen) atoms. The Kier molecular flexibility index (Phi) is 7.66. The average Bonchev–Trinajstić information content (AvgIpc) is 2.69. The minimum atomic E-state index is -0.308. The maximum Gasteiger partial charge on any atom is 0.253 e. The highest BCUT2D eigenvalue weighted by molar-refractivity contribution is 6.30. The third-order valence-electron chi connectivity index (χ3n) is 4.63. The van der Waals surface area contributed by atoms with Gasteiger partial charge in [-0.1, -0.05) is 41.9 Å². The monoisotopic (exact) mass is 407 g/mol. The first kappa shape index (κ1) is 21.2. The first-order valence-electron chi connectivity index (χ1n) is 8.68. The van der Waals surface area contributed by atoms with E-state index in [4.69, 9.17) is 17.3 Å². The number of carbonyl (C=O) groups is 2. The quantitative estimate of drug-likeness (QED) is 0.846. The van der Waals surface area contributed by atoms with E-state index in [1.165, 1.54) is 0 Å². The first-order chi connectivity index (χ1) is 12.5. The topological polar surface area (TPSA) is 66.6 Å². The SMILES string of the molecule is Cl.NC(CC(=O)N1CCN(C(=O)c2ccc(Cl)cc2)CC1)c1ccccc1.